The minimum atomic E-state index is -3.60. The lowest BCUT2D eigenvalue weighted by Gasteiger charge is -2.31. The SMILES string of the molecule is O=C(c1cc(S(=O)(=O)N2CCCC2)ccc1Cl)N1CCC(c2nc3ccccc3s2)CC1. The number of carbonyl (C=O) groups is 1. The maximum Gasteiger partial charge on any atom is 0.255 e. The number of halogens is 1. The lowest BCUT2D eigenvalue weighted by Crippen LogP contribution is -2.38. The number of hydrogen-bond donors (Lipinski definition) is 0. The normalized spacial score (nSPS) is 18.5. The third-order valence-corrected chi connectivity index (χ3v) is 9.74. The second-order valence-corrected chi connectivity index (χ2v) is 11.7. The zero-order valence-electron chi connectivity index (χ0n) is 17.5. The summed E-state index contributed by atoms with van der Waals surface area (Å²) < 4.78 is 28.5. The predicted octanol–water partition coefficient (Wildman–Crippen LogP) is 4.75. The summed E-state index contributed by atoms with van der Waals surface area (Å²) in [4.78, 5) is 19.9. The van der Waals surface area contributed by atoms with Gasteiger partial charge in [0.15, 0.2) is 0 Å². The highest BCUT2D eigenvalue weighted by atomic mass is 35.5. The van der Waals surface area contributed by atoms with E-state index >= 15 is 0 Å². The van der Waals surface area contributed by atoms with Gasteiger partial charge in [0.2, 0.25) is 10.0 Å². The van der Waals surface area contributed by atoms with Crippen LogP contribution in [0.5, 0.6) is 0 Å². The molecule has 0 spiro atoms. The standard InChI is InChI=1S/C23H24ClN3O3S2/c24-19-8-7-17(32(29,30)27-11-3-4-12-27)15-18(19)23(28)26-13-9-16(10-14-26)22-25-20-5-1-2-6-21(20)31-22/h1-2,5-8,15-16H,3-4,9-14H2. The number of piperidine rings is 1. The molecule has 3 aromatic rings. The molecule has 1 aromatic heterocycles. The Morgan fingerprint density at radius 2 is 1.75 bits per heavy atom. The van der Waals surface area contributed by atoms with Crippen LogP contribution < -0.4 is 0 Å². The van der Waals surface area contributed by atoms with E-state index in [-0.39, 0.29) is 21.4 Å². The summed E-state index contributed by atoms with van der Waals surface area (Å²) in [6, 6.07) is 12.6. The van der Waals surface area contributed by atoms with E-state index in [0.717, 1.165) is 36.2 Å². The van der Waals surface area contributed by atoms with Crippen molar-refractivity contribution in [3.63, 3.8) is 0 Å². The van der Waals surface area contributed by atoms with Gasteiger partial charge in [-0.25, -0.2) is 13.4 Å². The maximum atomic E-state index is 13.2. The second kappa shape index (κ2) is 8.74. The van der Waals surface area contributed by atoms with Crippen LogP contribution in [0.3, 0.4) is 0 Å². The van der Waals surface area contributed by atoms with Crippen LogP contribution >= 0.6 is 22.9 Å². The van der Waals surface area contributed by atoms with Gasteiger partial charge in [-0.1, -0.05) is 23.7 Å². The van der Waals surface area contributed by atoms with Gasteiger partial charge in [0.25, 0.3) is 5.91 Å². The molecule has 2 saturated heterocycles. The molecule has 0 radical (unpaired) electrons. The number of aromatic nitrogens is 1. The van der Waals surface area contributed by atoms with Gasteiger partial charge in [-0.15, -0.1) is 11.3 Å². The minimum Gasteiger partial charge on any atom is -0.339 e. The highest BCUT2D eigenvalue weighted by Crippen LogP contribution is 2.35. The summed E-state index contributed by atoms with van der Waals surface area (Å²) in [7, 11) is -3.60. The molecule has 168 valence electrons. The molecular weight excluding hydrogens is 466 g/mol. The molecule has 0 bridgehead atoms. The first kappa shape index (κ1) is 21.8. The number of thiazole rings is 1. The number of sulfonamides is 1. The second-order valence-electron chi connectivity index (χ2n) is 8.34. The lowest BCUT2D eigenvalue weighted by atomic mass is 9.97. The number of likely N-dealkylation sites (tertiary alicyclic amines) is 1. The van der Waals surface area contributed by atoms with E-state index in [1.807, 2.05) is 18.2 Å². The van der Waals surface area contributed by atoms with E-state index in [1.165, 1.54) is 27.2 Å². The number of nitrogens with zero attached hydrogens (tertiary/aromatic N) is 3. The van der Waals surface area contributed by atoms with Gasteiger partial charge >= 0.3 is 0 Å². The zero-order chi connectivity index (χ0) is 22.3. The van der Waals surface area contributed by atoms with E-state index in [0.29, 0.717) is 32.1 Å². The average molecular weight is 490 g/mol. The Balaban J connectivity index is 1.31. The fraction of sp³-hybridized carbons (Fsp3) is 0.391. The Bertz CT molecular complexity index is 1230. The van der Waals surface area contributed by atoms with Crippen molar-refractivity contribution in [3.8, 4) is 0 Å². The summed E-state index contributed by atoms with van der Waals surface area (Å²) >= 11 is 8.05. The minimum absolute atomic E-state index is 0.136. The number of amides is 1. The molecule has 0 saturated carbocycles. The summed E-state index contributed by atoms with van der Waals surface area (Å²) in [5.74, 6) is 0.116. The zero-order valence-corrected chi connectivity index (χ0v) is 19.9. The highest BCUT2D eigenvalue weighted by Gasteiger charge is 2.31. The number of carbonyl (C=O) groups excluding carboxylic acids is 1. The summed E-state index contributed by atoms with van der Waals surface area (Å²) in [5.41, 5.74) is 1.28. The first-order chi connectivity index (χ1) is 15.4. The van der Waals surface area contributed by atoms with Gasteiger partial charge in [0.05, 0.1) is 30.7 Å². The largest absolute Gasteiger partial charge is 0.339 e. The van der Waals surface area contributed by atoms with Crippen LogP contribution in [-0.2, 0) is 10.0 Å². The Hall–Kier alpha value is -2.00. The van der Waals surface area contributed by atoms with E-state index in [9.17, 15) is 13.2 Å². The quantitative estimate of drug-likeness (QED) is 0.530. The smallest absolute Gasteiger partial charge is 0.255 e. The van der Waals surface area contributed by atoms with Gasteiger partial charge in [-0.2, -0.15) is 4.31 Å². The molecule has 1 amide bonds. The molecule has 2 aromatic carbocycles. The molecular formula is C23H24ClN3O3S2. The maximum absolute atomic E-state index is 13.2. The van der Waals surface area contributed by atoms with Crippen LogP contribution in [0, 0.1) is 0 Å². The Labute approximate surface area is 196 Å². The van der Waals surface area contributed by atoms with Crippen LogP contribution in [0.4, 0.5) is 0 Å². The lowest BCUT2D eigenvalue weighted by molar-refractivity contribution is 0.0713. The van der Waals surface area contributed by atoms with Crippen molar-refractivity contribution in [1.29, 1.82) is 0 Å². The monoisotopic (exact) mass is 489 g/mol. The number of para-hydroxylation sites is 1. The van der Waals surface area contributed by atoms with Gasteiger partial charge in [-0.05, 0) is 56.0 Å². The Kier molecular flexibility index (Phi) is 5.96. The third-order valence-electron chi connectivity index (χ3n) is 6.31. The van der Waals surface area contributed by atoms with E-state index in [1.54, 1.807) is 16.2 Å². The third kappa shape index (κ3) is 4.05. The van der Waals surface area contributed by atoms with Crippen LogP contribution in [0.2, 0.25) is 5.02 Å². The van der Waals surface area contributed by atoms with Crippen molar-refractivity contribution in [2.45, 2.75) is 36.5 Å². The molecule has 32 heavy (non-hydrogen) atoms. The molecule has 3 heterocycles. The van der Waals surface area contributed by atoms with E-state index < -0.39 is 10.0 Å². The first-order valence-electron chi connectivity index (χ1n) is 10.9. The topological polar surface area (TPSA) is 70.6 Å². The number of fused-ring (bicyclic) bond motifs is 1. The Morgan fingerprint density at radius 1 is 1.03 bits per heavy atom. The number of benzene rings is 2. The fourth-order valence-electron chi connectivity index (χ4n) is 4.47. The van der Waals surface area contributed by atoms with Crippen LogP contribution in [0.1, 0.15) is 47.0 Å². The first-order valence-corrected chi connectivity index (χ1v) is 13.5. The molecule has 9 heteroatoms. The van der Waals surface area contributed by atoms with Gasteiger partial charge in [0, 0.05) is 32.1 Å². The van der Waals surface area contributed by atoms with E-state index in [4.69, 9.17) is 16.6 Å². The molecule has 6 nitrogen and oxygen atoms in total. The predicted molar refractivity (Wildman–Crippen MR) is 127 cm³/mol. The fourth-order valence-corrected chi connectivity index (χ4v) is 7.35. The summed E-state index contributed by atoms with van der Waals surface area (Å²) in [6.45, 7) is 2.23. The Morgan fingerprint density at radius 3 is 2.47 bits per heavy atom. The van der Waals surface area contributed by atoms with Crippen molar-refractivity contribution < 1.29 is 13.2 Å². The molecule has 2 aliphatic rings. The molecule has 0 N–H and O–H groups in total. The van der Waals surface area contributed by atoms with Crippen molar-refractivity contribution >= 4 is 49.1 Å². The van der Waals surface area contributed by atoms with Crippen molar-refractivity contribution in [3.05, 3.63) is 58.1 Å². The van der Waals surface area contributed by atoms with Crippen molar-refractivity contribution in [2.24, 2.45) is 0 Å². The molecule has 2 fully saturated rings. The van der Waals surface area contributed by atoms with Crippen LogP contribution in [0.25, 0.3) is 10.2 Å². The number of rotatable bonds is 4. The van der Waals surface area contributed by atoms with Gasteiger partial charge in [0.1, 0.15) is 0 Å². The van der Waals surface area contributed by atoms with Gasteiger partial charge < -0.3 is 4.90 Å². The van der Waals surface area contributed by atoms with Gasteiger partial charge in [-0.3, -0.25) is 4.79 Å². The molecule has 0 atom stereocenters. The molecule has 2 aliphatic heterocycles. The van der Waals surface area contributed by atoms with E-state index in [2.05, 4.69) is 6.07 Å². The summed E-state index contributed by atoms with van der Waals surface area (Å²) in [6.07, 6.45) is 3.38. The van der Waals surface area contributed by atoms with Crippen molar-refractivity contribution in [2.75, 3.05) is 26.2 Å². The summed E-state index contributed by atoms with van der Waals surface area (Å²) in [5, 5.41) is 1.40. The molecule has 0 unspecified atom stereocenters. The van der Waals surface area contributed by atoms with Crippen LogP contribution in [0.15, 0.2) is 47.4 Å². The molecule has 0 aliphatic carbocycles. The molecule has 5 rings (SSSR count). The highest BCUT2D eigenvalue weighted by molar-refractivity contribution is 7.89. The average Bonchev–Trinajstić information content (AvgIpc) is 3.49. The number of hydrogen-bond acceptors (Lipinski definition) is 5. The van der Waals surface area contributed by atoms with Crippen molar-refractivity contribution in [1.82, 2.24) is 14.2 Å². The van der Waals surface area contributed by atoms with Crippen LogP contribution in [-0.4, -0.2) is 54.7 Å².